The van der Waals surface area contributed by atoms with Gasteiger partial charge in [0.25, 0.3) is 11.5 Å². The van der Waals surface area contributed by atoms with E-state index in [0.717, 1.165) is 0 Å². The number of anilines is 1. The fourth-order valence-electron chi connectivity index (χ4n) is 2.15. The molecule has 1 amide bonds. The van der Waals surface area contributed by atoms with Crippen molar-refractivity contribution in [3.8, 4) is 5.69 Å². The predicted octanol–water partition coefficient (Wildman–Crippen LogP) is 1.71. The molecule has 0 aliphatic carbocycles. The first-order valence-electron chi connectivity index (χ1n) is 7.09. The molecular formula is C15H12ClFN6O2. The van der Waals surface area contributed by atoms with Gasteiger partial charge in [0.1, 0.15) is 5.82 Å². The summed E-state index contributed by atoms with van der Waals surface area (Å²) in [5.41, 5.74) is 0.400. The van der Waals surface area contributed by atoms with Crippen molar-refractivity contribution in [3.05, 3.63) is 63.2 Å². The van der Waals surface area contributed by atoms with Crippen molar-refractivity contribution in [2.75, 3.05) is 5.32 Å². The van der Waals surface area contributed by atoms with Crippen LogP contribution in [-0.2, 0) is 7.05 Å². The molecule has 3 rings (SSSR count). The summed E-state index contributed by atoms with van der Waals surface area (Å²) in [6, 6.07) is 4.02. The molecule has 128 valence electrons. The Labute approximate surface area is 145 Å². The maximum atomic E-state index is 13.3. The van der Waals surface area contributed by atoms with Crippen molar-refractivity contribution in [1.82, 2.24) is 24.5 Å². The van der Waals surface area contributed by atoms with Crippen LogP contribution in [0.25, 0.3) is 5.69 Å². The lowest BCUT2D eigenvalue weighted by atomic mass is 10.2. The highest BCUT2D eigenvalue weighted by molar-refractivity contribution is 6.30. The highest BCUT2D eigenvalue weighted by Gasteiger charge is 2.19. The molecule has 1 aromatic carbocycles. The van der Waals surface area contributed by atoms with Crippen LogP contribution in [0.5, 0.6) is 0 Å². The van der Waals surface area contributed by atoms with Gasteiger partial charge in [0, 0.05) is 19.4 Å². The van der Waals surface area contributed by atoms with Crippen LogP contribution in [0.4, 0.5) is 10.2 Å². The molecule has 2 heterocycles. The second-order valence-corrected chi connectivity index (χ2v) is 5.59. The molecule has 1 N–H and O–H groups in total. The van der Waals surface area contributed by atoms with Crippen LogP contribution in [0, 0.1) is 12.7 Å². The largest absolute Gasteiger partial charge is 0.314 e. The molecule has 0 fully saturated rings. The molecule has 0 radical (unpaired) electrons. The quantitative estimate of drug-likeness (QED) is 0.765. The minimum absolute atomic E-state index is 0.00755. The average Bonchev–Trinajstić information content (AvgIpc) is 2.96. The Morgan fingerprint density at radius 3 is 2.84 bits per heavy atom. The smallest absolute Gasteiger partial charge is 0.293 e. The van der Waals surface area contributed by atoms with Gasteiger partial charge in [-0.25, -0.2) is 14.1 Å². The van der Waals surface area contributed by atoms with Crippen LogP contribution in [0.1, 0.15) is 16.2 Å². The average molecular weight is 363 g/mol. The molecule has 8 nitrogen and oxygen atoms in total. The van der Waals surface area contributed by atoms with E-state index in [4.69, 9.17) is 11.6 Å². The number of halogens is 2. The fourth-order valence-corrected chi connectivity index (χ4v) is 2.33. The lowest BCUT2D eigenvalue weighted by molar-refractivity contribution is 0.102. The Morgan fingerprint density at radius 1 is 1.36 bits per heavy atom. The fraction of sp³-hybridized carbons (Fsp3) is 0.133. The second kappa shape index (κ2) is 6.44. The number of nitrogens with one attached hydrogen (secondary N) is 1. The van der Waals surface area contributed by atoms with Gasteiger partial charge in [-0.1, -0.05) is 16.8 Å². The molecule has 25 heavy (non-hydrogen) atoms. The molecule has 0 saturated heterocycles. The summed E-state index contributed by atoms with van der Waals surface area (Å²) >= 11 is 5.76. The minimum Gasteiger partial charge on any atom is -0.314 e. The van der Waals surface area contributed by atoms with Crippen molar-refractivity contribution in [2.24, 2.45) is 7.05 Å². The number of amides is 1. The van der Waals surface area contributed by atoms with Crippen LogP contribution in [0.15, 0.2) is 35.4 Å². The normalized spacial score (nSPS) is 10.7. The van der Waals surface area contributed by atoms with Crippen molar-refractivity contribution in [3.63, 3.8) is 0 Å². The molecule has 2 aromatic heterocycles. The molecule has 0 aliphatic heterocycles. The van der Waals surface area contributed by atoms with Gasteiger partial charge in [-0.2, -0.15) is 0 Å². The topological polar surface area (TPSA) is 94.7 Å². The Balaban J connectivity index is 1.92. The summed E-state index contributed by atoms with van der Waals surface area (Å²) in [7, 11) is 1.54. The van der Waals surface area contributed by atoms with Gasteiger partial charge in [-0.05, 0) is 25.1 Å². The third-order valence-corrected chi connectivity index (χ3v) is 3.80. The van der Waals surface area contributed by atoms with Crippen LogP contribution < -0.4 is 10.9 Å². The number of nitrogens with zero attached hydrogens (tertiary/aromatic N) is 5. The Bertz CT molecular complexity index is 1030. The zero-order valence-corrected chi connectivity index (χ0v) is 14.0. The Hall–Kier alpha value is -3.07. The van der Waals surface area contributed by atoms with Crippen molar-refractivity contribution >= 4 is 23.3 Å². The van der Waals surface area contributed by atoms with Crippen LogP contribution in [0.3, 0.4) is 0 Å². The number of carbonyl (C=O) groups excluding carboxylic acids is 1. The first kappa shape index (κ1) is 16.8. The van der Waals surface area contributed by atoms with E-state index in [1.165, 1.54) is 39.8 Å². The number of aromatic nitrogens is 5. The van der Waals surface area contributed by atoms with E-state index in [0.29, 0.717) is 11.4 Å². The molecule has 0 spiro atoms. The summed E-state index contributed by atoms with van der Waals surface area (Å²) in [6.07, 6.45) is 2.86. The van der Waals surface area contributed by atoms with Gasteiger partial charge in [-0.15, -0.1) is 5.10 Å². The zero-order chi connectivity index (χ0) is 18.1. The molecule has 0 atom stereocenters. The van der Waals surface area contributed by atoms with Crippen molar-refractivity contribution in [1.29, 1.82) is 0 Å². The Kier molecular flexibility index (Phi) is 4.32. The highest BCUT2D eigenvalue weighted by Crippen LogP contribution is 2.20. The molecule has 0 bridgehead atoms. The van der Waals surface area contributed by atoms with Gasteiger partial charge in [0.05, 0.1) is 16.4 Å². The number of hydrogen-bond acceptors (Lipinski definition) is 5. The monoisotopic (exact) mass is 362 g/mol. The lowest BCUT2D eigenvalue weighted by Crippen LogP contribution is -2.25. The number of rotatable bonds is 3. The predicted molar refractivity (Wildman–Crippen MR) is 88.5 cm³/mol. The van der Waals surface area contributed by atoms with E-state index in [1.807, 2.05) is 0 Å². The first-order chi connectivity index (χ1) is 11.9. The standard InChI is InChI=1S/C15H12ClFN6O2/c1-8-12(14(24)19-13-15(25)22(2)6-5-18-13)20-21-23(8)9-3-4-11(17)10(16)7-9/h3-7H,1-2H3,(H,18,19,24). The summed E-state index contributed by atoms with van der Waals surface area (Å²) in [5.74, 6) is -1.31. The summed E-state index contributed by atoms with van der Waals surface area (Å²) in [5, 5.41) is 10.0. The van der Waals surface area contributed by atoms with Crippen molar-refractivity contribution < 1.29 is 9.18 Å². The van der Waals surface area contributed by atoms with Gasteiger partial charge >= 0.3 is 0 Å². The number of carbonyl (C=O) groups is 1. The van der Waals surface area contributed by atoms with E-state index in [2.05, 4.69) is 20.6 Å². The third-order valence-electron chi connectivity index (χ3n) is 3.51. The molecule has 0 unspecified atom stereocenters. The van der Waals surface area contributed by atoms with Gasteiger partial charge in [0.2, 0.25) is 0 Å². The number of aryl methyl sites for hydroxylation is 1. The maximum Gasteiger partial charge on any atom is 0.293 e. The SMILES string of the molecule is Cc1c(C(=O)Nc2nccn(C)c2=O)nnn1-c1ccc(F)c(Cl)c1. The molecule has 0 saturated carbocycles. The first-order valence-corrected chi connectivity index (χ1v) is 7.47. The number of hydrogen-bond donors (Lipinski definition) is 1. The van der Waals surface area contributed by atoms with E-state index in [1.54, 1.807) is 14.0 Å². The van der Waals surface area contributed by atoms with Crippen molar-refractivity contribution in [2.45, 2.75) is 6.92 Å². The number of benzene rings is 1. The minimum atomic E-state index is -0.632. The van der Waals surface area contributed by atoms with E-state index >= 15 is 0 Å². The van der Waals surface area contributed by atoms with Crippen LogP contribution in [-0.4, -0.2) is 30.5 Å². The van der Waals surface area contributed by atoms with Crippen LogP contribution >= 0.6 is 11.6 Å². The van der Waals surface area contributed by atoms with E-state index in [-0.39, 0.29) is 16.5 Å². The molecule has 0 aliphatic rings. The molecular weight excluding hydrogens is 351 g/mol. The van der Waals surface area contributed by atoms with Gasteiger partial charge in [0.15, 0.2) is 11.5 Å². The molecule has 3 aromatic rings. The van der Waals surface area contributed by atoms with Gasteiger partial charge in [-0.3, -0.25) is 9.59 Å². The van der Waals surface area contributed by atoms with Gasteiger partial charge < -0.3 is 9.88 Å². The highest BCUT2D eigenvalue weighted by atomic mass is 35.5. The second-order valence-electron chi connectivity index (χ2n) is 5.18. The van der Waals surface area contributed by atoms with E-state index in [9.17, 15) is 14.0 Å². The summed E-state index contributed by atoms with van der Waals surface area (Å²) in [6.45, 7) is 1.61. The summed E-state index contributed by atoms with van der Waals surface area (Å²) in [4.78, 5) is 28.1. The van der Waals surface area contributed by atoms with E-state index < -0.39 is 17.3 Å². The Morgan fingerprint density at radius 2 is 2.12 bits per heavy atom. The third kappa shape index (κ3) is 3.13. The van der Waals surface area contributed by atoms with Crippen LogP contribution in [0.2, 0.25) is 5.02 Å². The summed E-state index contributed by atoms with van der Waals surface area (Å²) < 4.78 is 15.9. The maximum absolute atomic E-state index is 13.3. The molecule has 10 heteroatoms. The lowest BCUT2D eigenvalue weighted by Gasteiger charge is -2.05. The zero-order valence-electron chi connectivity index (χ0n) is 13.2.